The van der Waals surface area contributed by atoms with E-state index < -0.39 is 11.2 Å². The first-order valence-corrected chi connectivity index (χ1v) is 2.27. The Labute approximate surface area is 49.9 Å². The molecule has 1 aromatic rings. The first kappa shape index (κ1) is 5.81. The molecule has 0 unspecified atom stereocenters. The quantitative estimate of drug-likeness (QED) is 0.546. The zero-order chi connectivity index (χ0) is 6.85. The molecule has 4 heteroatoms. The number of rotatable bonds is 0. The predicted octanol–water partition coefficient (Wildman–Crippen LogP) is 0.287. The van der Waals surface area contributed by atoms with E-state index in [9.17, 15) is 9.28 Å². The maximum absolute atomic E-state index is 12.0. The predicted molar refractivity (Wildman–Crippen MR) is 28.9 cm³/mol. The summed E-state index contributed by atoms with van der Waals surface area (Å²) in [6.07, 6.45) is 1.62. The molecule has 0 amide bonds. The summed E-state index contributed by atoms with van der Waals surface area (Å²) in [5.74, 6) is -0.583. The first-order chi connectivity index (χ1) is 4.20. The number of hydrogen-bond acceptors (Lipinski definition) is 2. The van der Waals surface area contributed by atoms with Gasteiger partial charge >= 0.3 is 0 Å². The topological polar surface area (TPSA) is 42.2 Å². The standard InChI is InChI=1S/C5H4FNO2/c6-7-2-1-4(8)5(9)3-7/h1-3,9H. The summed E-state index contributed by atoms with van der Waals surface area (Å²) >= 11 is 0. The van der Waals surface area contributed by atoms with Crippen LogP contribution in [0.5, 0.6) is 5.75 Å². The summed E-state index contributed by atoms with van der Waals surface area (Å²) in [6.45, 7) is 0. The Morgan fingerprint density at radius 2 is 2.33 bits per heavy atom. The lowest BCUT2D eigenvalue weighted by Crippen LogP contribution is -1.99. The molecule has 0 saturated carbocycles. The first-order valence-electron chi connectivity index (χ1n) is 2.27. The molecular weight excluding hydrogens is 125 g/mol. The minimum absolute atomic E-state index is 0.108. The zero-order valence-electron chi connectivity index (χ0n) is 4.41. The van der Waals surface area contributed by atoms with Gasteiger partial charge in [0.1, 0.15) is 0 Å². The Morgan fingerprint density at radius 1 is 1.67 bits per heavy atom. The maximum Gasteiger partial charge on any atom is 0.223 e. The second kappa shape index (κ2) is 1.89. The van der Waals surface area contributed by atoms with E-state index in [0.717, 1.165) is 12.3 Å². The van der Waals surface area contributed by atoms with Crippen molar-refractivity contribution in [2.75, 3.05) is 0 Å². The molecule has 1 N–H and O–H groups in total. The maximum atomic E-state index is 12.0. The van der Waals surface area contributed by atoms with Crippen molar-refractivity contribution in [2.24, 2.45) is 0 Å². The smallest absolute Gasteiger partial charge is 0.223 e. The van der Waals surface area contributed by atoms with Gasteiger partial charge in [-0.05, 0) is 0 Å². The third-order valence-corrected chi connectivity index (χ3v) is 0.866. The third-order valence-electron chi connectivity index (χ3n) is 0.866. The molecule has 0 spiro atoms. The van der Waals surface area contributed by atoms with Crippen molar-refractivity contribution in [1.29, 1.82) is 0 Å². The molecule has 0 aliphatic carbocycles. The SMILES string of the molecule is O=c1ccn(F)cc1O. The molecule has 0 aliphatic rings. The van der Waals surface area contributed by atoms with E-state index in [0.29, 0.717) is 6.20 Å². The van der Waals surface area contributed by atoms with Crippen LogP contribution in [0.3, 0.4) is 0 Å². The molecule has 0 aliphatic heterocycles. The van der Waals surface area contributed by atoms with Gasteiger partial charge in [-0.3, -0.25) is 4.79 Å². The Hall–Kier alpha value is -1.32. The summed E-state index contributed by atoms with van der Waals surface area (Å²) in [6, 6.07) is 0.940. The molecule has 0 radical (unpaired) electrons. The minimum atomic E-state index is -0.583. The Bertz CT molecular complexity index is 268. The molecule has 9 heavy (non-hydrogen) atoms. The fourth-order valence-electron chi connectivity index (χ4n) is 0.448. The molecule has 48 valence electrons. The molecular formula is C5H4FNO2. The number of nitrogens with zero attached hydrogens (tertiary/aromatic N) is 1. The molecule has 0 atom stereocenters. The van der Waals surface area contributed by atoms with Crippen LogP contribution in [0.2, 0.25) is 0 Å². The molecule has 0 fully saturated rings. The van der Waals surface area contributed by atoms with Crippen molar-refractivity contribution in [3.63, 3.8) is 0 Å². The average Bonchev–Trinajstić information content (AvgIpc) is 1.80. The van der Waals surface area contributed by atoms with E-state index in [-0.39, 0.29) is 4.79 Å². The average molecular weight is 129 g/mol. The highest BCUT2D eigenvalue weighted by Crippen LogP contribution is 1.96. The number of halogens is 1. The summed E-state index contributed by atoms with van der Waals surface area (Å²) < 4.78 is 12.0. The van der Waals surface area contributed by atoms with E-state index in [1.165, 1.54) is 0 Å². The van der Waals surface area contributed by atoms with Gasteiger partial charge in [0.05, 0.1) is 6.20 Å². The highest BCUT2D eigenvalue weighted by Gasteiger charge is 1.93. The second-order valence-corrected chi connectivity index (χ2v) is 1.54. The van der Waals surface area contributed by atoms with E-state index in [1.807, 2.05) is 0 Å². The minimum Gasteiger partial charge on any atom is -0.503 e. The molecule has 3 nitrogen and oxygen atoms in total. The summed E-state index contributed by atoms with van der Waals surface area (Å²) in [7, 11) is 0. The van der Waals surface area contributed by atoms with Crippen LogP contribution < -0.4 is 5.43 Å². The van der Waals surface area contributed by atoms with Gasteiger partial charge in [-0.2, -0.15) is 4.79 Å². The highest BCUT2D eigenvalue weighted by atomic mass is 19.2. The molecule has 0 saturated heterocycles. The van der Waals surface area contributed by atoms with Crippen molar-refractivity contribution in [3.8, 4) is 5.75 Å². The van der Waals surface area contributed by atoms with Crippen LogP contribution in [0.15, 0.2) is 23.3 Å². The van der Waals surface area contributed by atoms with Crippen molar-refractivity contribution in [3.05, 3.63) is 28.7 Å². The second-order valence-electron chi connectivity index (χ2n) is 1.54. The van der Waals surface area contributed by atoms with Gasteiger partial charge < -0.3 is 5.11 Å². The van der Waals surface area contributed by atoms with Crippen LogP contribution >= 0.6 is 0 Å². The lowest BCUT2D eigenvalue weighted by molar-refractivity contribution is 0.351. The fraction of sp³-hybridized carbons (Fsp3) is 0. The molecule has 1 heterocycles. The molecule has 0 bridgehead atoms. The lowest BCUT2D eigenvalue weighted by atomic mass is 10.4. The van der Waals surface area contributed by atoms with Crippen molar-refractivity contribution >= 4 is 0 Å². The fourth-order valence-corrected chi connectivity index (χ4v) is 0.448. The molecule has 1 aromatic heterocycles. The number of hydrogen-bond donors (Lipinski definition) is 1. The largest absolute Gasteiger partial charge is 0.503 e. The Kier molecular flexibility index (Phi) is 1.22. The van der Waals surface area contributed by atoms with Crippen LogP contribution in [0.4, 0.5) is 4.48 Å². The highest BCUT2D eigenvalue weighted by molar-refractivity contribution is 5.13. The van der Waals surface area contributed by atoms with Crippen molar-refractivity contribution in [2.45, 2.75) is 0 Å². The van der Waals surface area contributed by atoms with Gasteiger partial charge in [0.25, 0.3) is 0 Å². The van der Waals surface area contributed by atoms with Gasteiger partial charge in [0.2, 0.25) is 5.43 Å². The van der Waals surface area contributed by atoms with Crippen LogP contribution in [0.1, 0.15) is 0 Å². The Morgan fingerprint density at radius 3 is 2.78 bits per heavy atom. The van der Waals surface area contributed by atoms with E-state index in [4.69, 9.17) is 5.11 Å². The summed E-state index contributed by atoms with van der Waals surface area (Å²) in [5.41, 5.74) is -0.580. The summed E-state index contributed by atoms with van der Waals surface area (Å²) in [4.78, 5) is 10.4. The van der Waals surface area contributed by atoms with Crippen LogP contribution in [0.25, 0.3) is 0 Å². The zero-order valence-corrected chi connectivity index (χ0v) is 4.41. The van der Waals surface area contributed by atoms with Gasteiger partial charge in [-0.1, -0.05) is 4.48 Å². The molecule has 0 aromatic carbocycles. The van der Waals surface area contributed by atoms with Crippen LogP contribution in [0, 0.1) is 0 Å². The number of pyridine rings is 1. The van der Waals surface area contributed by atoms with Crippen molar-refractivity contribution in [1.82, 2.24) is 4.79 Å². The molecule has 1 rings (SSSR count). The number of aromatic hydroxyl groups is 1. The normalized spacial score (nSPS) is 9.44. The van der Waals surface area contributed by atoms with Gasteiger partial charge in [-0.15, -0.1) is 0 Å². The van der Waals surface area contributed by atoms with Gasteiger partial charge in [-0.25, -0.2) is 0 Å². The van der Waals surface area contributed by atoms with E-state index >= 15 is 0 Å². The monoisotopic (exact) mass is 129 g/mol. The van der Waals surface area contributed by atoms with Crippen LogP contribution in [-0.2, 0) is 0 Å². The van der Waals surface area contributed by atoms with E-state index in [2.05, 4.69) is 0 Å². The van der Waals surface area contributed by atoms with Crippen LogP contribution in [-0.4, -0.2) is 9.90 Å². The van der Waals surface area contributed by atoms with E-state index in [1.54, 1.807) is 0 Å². The van der Waals surface area contributed by atoms with Crippen molar-refractivity contribution < 1.29 is 9.59 Å². The van der Waals surface area contributed by atoms with Gasteiger partial charge in [0.15, 0.2) is 5.75 Å². The Balaban J connectivity index is 3.34. The number of aromatic nitrogens is 1. The summed E-state index contributed by atoms with van der Waals surface area (Å²) in [5, 5.41) is 8.53. The van der Waals surface area contributed by atoms with Gasteiger partial charge in [0, 0.05) is 12.3 Å². The lowest BCUT2D eigenvalue weighted by Gasteiger charge is -1.89. The third kappa shape index (κ3) is 1.07.